The third-order valence-corrected chi connectivity index (χ3v) is 2.99. The molecule has 5 heteroatoms. The SMILES string of the molecule is CNC(=O)C1CCCCC1CC(F)(F)F. The number of carbonyl (C=O) groups excluding carboxylic acids is 1. The van der Waals surface area contributed by atoms with Gasteiger partial charge in [0.25, 0.3) is 0 Å². The summed E-state index contributed by atoms with van der Waals surface area (Å²) >= 11 is 0. The lowest BCUT2D eigenvalue weighted by Gasteiger charge is -2.30. The van der Waals surface area contributed by atoms with Gasteiger partial charge in [0.05, 0.1) is 0 Å². The molecule has 0 radical (unpaired) electrons. The largest absolute Gasteiger partial charge is 0.389 e. The van der Waals surface area contributed by atoms with E-state index < -0.39 is 24.4 Å². The van der Waals surface area contributed by atoms with Gasteiger partial charge in [0.15, 0.2) is 0 Å². The Morgan fingerprint density at radius 1 is 1.33 bits per heavy atom. The summed E-state index contributed by atoms with van der Waals surface area (Å²) < 4.78 is 36.7. The van der Waals surface area contributed by atoms with Crippen molar-refractivity contribution in [3.05, 3.63) is 0 Å². The molecule has 0 aromatic heterocycles. The molecule has 1 fully saturated rings. The van der Waals surface area contributed by atoms with Crippen molar-refractivity contribution in [2.75, 3.05) is 7.05 Å². The Morgan fingerprint density at radius 2 is 1.93 bits per heavy atom. The number of hydrogen-bond donors (Lipinski definition) is 1. The third kappa shape index (κ3) is 3.72. The van der Waals surface area contributed by atoms with Crippen LogP contribution in [0.25, 0.3) is 0 Å². The molecule has 0 aromatic carbocycles. The summed E-state index contributed by atoms with van der Waals surface area (Å²) in [5, 5.41) is 2.44. The van der Waals surface area contributed by atoms with E-state index in [0.717, 1.165) is 12.8 Å². The van der Waals surface area contributed by atoms with Crippen molar-refractivity contribution in [3.8, 4) is 0 Å². The topological polar surface area (TPSA) is 29.1 Å². The molecule has 0 aliphatic heterocycles. The van der Waals surface area contributed by atoms with Crippen molar-refractivity contribution in [1.82, 2.24) is 5.32 Å². The highest BCUT2D eigenvalue weighted by molar-refractivity contribution is 5.78. The number of halogens is 3. The smallest absolute Gasteiger partial charge is 0.359 e. The summed E-state index contributed by atoms with van der Waals surface area (Å²) in [5.74, 6) is -1.23. The van der Waals surface area contributed by atoms with Crippen molar-refractivity contribution in [3.63, 3.8) is 0 Å². The van der Waals surface area contributed by atoms with E-state index in [1.54, 1.807) is 0 Å². The number of hydrogen-bond acceptors (Lipinski definition) is 1. The van der Waals surface area contributed by atoms with E-state index >= 15 is 0 Å². The van der Waals surface area contributed by atoms with Crippen LogP contribution in [0.15, 0.2) is 0 Å². The first-order chi connectivity index (χ1) is 6.94. The Hall–Kier alpha value is -0.740. The highest BCUT2D eigenvalue weighted by Crippen LogP contribution is 2.37. The fourth-order valence-corrected chi connectivity index (χ4v) is 2.28. The Labute approximate surface area is 87.2 Å². The minimum atomic E-state index is -4.16. The van der Waals surface area contributed by atoms with Crippen LogP contribution in [-0.4, -0.2) is 19.1 Å². The minimum Gasteiger partial charge on any atom is -0.359 e. The predicted octanol–water partition coefficient (Wildman–Crippen LogP) is 2.49. The Balaban J connectivity index is 2.61. The molecule has 2 nitrogen and oxygen atoms in total. The first-order valence-corrected chi connectivity index (χ1v) is 5.22. The average Bonchev–Trinajstić information content (AvgIpc) is 2.15. The fourth-order valence-electron chi connectivity index (χ4n) is 2.28. The van der Waals surface area contributed by atoms with Crippen molar-refractivity contribution < 1.29 is 18.0 Å². The van der Waals surface area contributed by atoms with Crippen LogP contribution >= 0.6 is 0 Å². The van der Waals surface area contributed by atoms with Crippen LogP contribution < -0.4 is 5.32 Å². The first kappa shape index (κ1) is 12.3. The zero-order valence-corrected chi connectivity index (χ0v) is 8.73. The van der Waals surface area contributed by atoms with Gasteiger partial charge in [0, 0.05) is 19.4 Å². The summed E-state index contributed by atoms with van der Waals surface area (Å²) in [6.07, 6.45) is -2.24. The van der Waals surface area contributed by atoms with Crippen LogP contribution in [0.5, 0.6) is 0 Å². The third-order valence-electron chi connectivity index (χ3n) is 2.99. The van der Waals surface area contributed by atoms with Gasteiger partial charge in [0.1, 0.15) is 0 Å². The molecule has 2 atom stereocenters. The lowest BCUT2D eigenvalue weighted by molar-refractivity contribution is -0.154. The van der Waals surface area contributed by atoms with E-state index in [-0.39, 0.29) is 5.91 Å². The Bertz CT molecular complexity index is 227. The molecule has 0 saturated heterocycles. The molecule has 0 bridgehead atoms. The maximum Gasteiger partial charge on any atom is 0.389 e. The second-order valence-electron chi connectivity index (χ2n) is 4.08. The van der Waals surface area contributed by atoms with Crippen LogP contribution in [-0.2, 0) is 4.79 Å². The van der Waals surface area contributed by atoms with E-state index in [2.05, 4.69) is 5.32 Å². The van der Waals surface area contributed by atoms with Gasteiger partial charge in [-0.05, 0) is 18.8 Å². The Morgan fingerprint density at radius 3 is 2.47 bits per heavy atom. The van der Waals surface area contributed by atoms with E-state index in [1.807, 2.05) is 0 Å². The van der Waals surface area contributed by atoms with E-state index in [1.165, 1.54) is 7.05 Å². The molecular weight excluding hydrogens is 207 g/mol. The van der Waals surface area contributed by atoms with Gasteiger partial charge in [0.2, 0.25) is 5.91 Å². The molecule has 88 valence electrons. The second-order valence-corrected chi connectivity index (χ2v) is 4.08. The molecule has 0 heterocycles. The number of rotatable bonds is 2. The molecule has 1 aliphatic rings. The van der Waals surface area contributed by atoms with Gasteiger partial charge < -0.3 is 5.32 Å². The zero-order chi connectivity index (χ0) is 11.5. The molecule has 15 heavy (non-hydrogen) atoms. The molecule has 2 unspecified atom stereocenters. The van der Waals surface area contributed by atoms with Crippen molar-refractivity contribution in [1.29, 1.82) is 0 Å². The van der Waals surface area contributed by atoms with Crippen LogP contribution in [0.4, 0.5) is 13.2 Å². The molecular formula is C10H16F3NO. The van der Waals surface area contributed by atoms with Crippen molar-refractivity contribution in [2.45, 2.75) is 38.3 Å². The second kappa shape index (κ2) is 4.86. The lowest BCUT2D eigenvalue weighted by Crippen LogP contribution is -2.36. The fraction of sp³-hybridized carbons (Fsp3) is 0.900. The van der Waals surface area contributed by atoms with Crippen LogP contribution in [0, 0.1) is 11.8 Å². The number of alkyl halides is 3. The predicted molar refractivity (Wildman–Crippen MR) is 50.2 cm³/mol. The summed E-state index contributed by atoms with van der Waals surface area (Å²) in [5.41, 5.74) is 0. The van der Waals surface area contributed by atoms with Crippen LogP contribution in [0.2, 0.25) is 0 Å². The van der Waals surface area contributed by atoms with Gasteiger partial charge in [-0.1, -0.05) is 12.8 Å². The first-order valence-electron chi connectivity index (χ1n) is 5.22. The van der Waals surface area contributed by atoms with E-state index in [4.69, 9.17) is 0 Å². The number of nitrogens with one attached hydrogen (secondary N) is 1. The average molecular weight is 223 g/mol. The zero-order valence-electron chi connectivity index (χ0n) is 8.73. The molecule has 0 spiro atoms. The number of amides is 1. The summed E-state index contributed by atoms with van der Waals surface area (Å²) in [7, 11) is 1.47. The molecule has 1 N–H and O–H groups in total. The number of carbonyl (C=O) groups is 1. The monoisotopic (exact) mass is 223 g/mol. The minimum absolute atomic E-state index is 0.246. The maximum absolute atomic E-state index is 12.2. The van der Waals surface area contributed by atoms with Crippen LogP contribution in [0.1, 0.15) is 32.1 Å². The highest BCUT2D eigenvalue weighted by Gasteiger charge is 2.39. The van der Waals surface area contributed by atoms with Gasteiger partial charge in [-0.3, -0.25) is 4.79 Å². The van der Waals surface area contributed by atoms with Gasteiger partial charge in [-0.25, -0.2) is 0 Å². The van der Waals surface area contributed by atoms with Crippen LogP contribution in [0.3, 0.4) is 0 Å². The van der Waals surface area contributed by atoms with Crippen molar-refractivity contribution >= 4 is 5.91 Å². The molecule has 1 aliphatic carbocycles. The molecule has 0 aromatic rings. The molecule has 1 rings (SSSR count). The maximum atomic E-state index is 12.2. The van der Waals surface area contributed by atoms with Gasteiger partial charge in [-0.15, -0.1) is 0 Å². The van der Waals surface area contributed by atoms with Gasteiger partial charge in [-0.2, -0.15) is 13.2 Å². The van der Waals surface area contributed by atoms with E-state index in [0.29, 0.717) is 12.8 Å². The Kier molecular flexibility index (Phi) is 3.99. The summed E-state index contributed by atoms with van der Waals surface area (Å²) in [4.78, 5) is 11.4. The lowest BCUT2D eigenvalue weighted by atomic mass is 9.77. The summed E-state index contributed by atoms with van der Waals surface area (Å²) in [6.45, 7) is 0. The quantitative estimate of drug-likeness (QED) is 0.765. The standard InChI is InChI=1S/C10H16F3NO/c1-14-9(15)8-5-3-2-4-7(8)6-10(11,12)13/h7-8H,2-6H2,1H3,(H,14,15). The highest BCUT2D eigenvalue weighted by atomic mass is 19.4. The van der Waals surface area contributed by atoms with E-state index in [9.17, 15) is 18.0 Å². The molecule has 1 saturated carbocycles. The van der Waals surface area contributed by atoms with Crippen molar-refractivity contribution in [2.24, 2.45) is 11.8 Å². The molecule has 1 amide bonds. The van der Waals surface area contributed by atoms with Gasteiger partial charge >= 0.3 is 6.18 Å². The normalized spacial score (nSPS) is 27.5. The summed E-state index contributed by atoms with van der Waals surface area (Å²) in [6, 6.07) is 0.